The largest absolute Gasteiger partial charge is 0.453 e. The topological polar surface area (TPSA) is 35.3 Å². The highest BCUT2D eigenvalue weighted by atomic mass is 28.4. The fourth-order valence-electron chi connectivity index (χ4n) is 5.65. The highest BCUT2D eigenvalue weighted by molar-refractivity contribution is 6.77. The molecule has 0 radical (unpaired) electrons. The average Bonchev–Trinajstić information content (AvgIpc) is 3.00. The molecule has 0 amide bonds. The molecule has 1 atom stereocenters. The van der Waals surface area contributed by atoms with E-state index in [9.17, 15) is 4.39 Å². The summed E-state index contributed by atoms with van der Waals surface area (Å²) in [6.07, 6.45) is 3.35. The normalized spacial score (nSPS) is 16.9. The fourth-order valence-corrected chi connectivity index (χ4v) is 11.2. The summed E-state index contributed by atoms with van der Waals surface area (Å²) in [6, 6.07) is 9.12. The predicted octanol–water partition coefficient (Wildman–Crippen LogP) is 7.81. The van der Waals surface area contributed by atoms with E-state index in [1.807, 2.05) is 24.4 Å². The van der Waals surface area contributed by atoms with Gasteiger partial charge in [0.2, 0.25) is 8.32 Å². The Kier molecular flexibility index (Phi) is 5.62. The maximum absolute atomic E-state index is 14.4. The SMILES string of the molecule is CC(C)[Si](O[C@@H]1CCc2c(oc3c(F)cccc23)-c2cccnc21)(C(C)C)C(C)C. The second-order valence-corrected chi connectivity index (χ2v) is 14.8. The molecule has 30 heavy (non-hydrogen) atoms. The molecule has 160 valence electrons. The van der Waals surface area contributed by atoms with E-state index in [4.69, 9.17) is 13.8 Å². The zero-order valence-electron chi connectivity index (χ0n) is 18.8. The van der Waals surface area contributed by atoms with E-state index in [-0.39, 0.29) is 11.9 Å². The van der Waals surface area contributed by atoms with Crippen molar-refractivity contribution in [2.75, 3.05) is 0 Å². The molecule has 5 heteroatoms. The summed E-state index contributed by atoms with van der Waals surface area (Å²) in [6.45, 7) is 13.8. The lowest BCUT2D eigenvalue weighted by Gasteiger charge is -2.44. The van der Waals surface area contributed by atoms with Gasteiger partial charge in [-0.25, -0.2) is 4.39 Å². The van der Waals surface area contributed by atoms with E-state index in [1.54, 1.807) is 6.07 Å². The third kappa shape index (κ3) is 3.23. The number of benzene rings is 1. The Hall–Kier alpha value is -1.98. The van der Waals surface area contributed by atoms with Crippen molar-refractivity contribution in [2.45, 2.75) is 77.1 Å². The van der Waals surface area contributed by atoms with E-state index < -0.39 is 8.32 Å². The number of aryl methyl sites for hydroxylation is 1. The van der Waals surface area contributed by atoms with Crippen LogP contribution in [0.5, 0.6) is 0 Å². The van der Waals surface area contributed by atoms with E-state index in [0.29, 0.717) is 22.2 Å². The first-order valence-corrected chi connectivity index (χ1v) is 13.2. The minimum absolute atomic E-state index is 0.0775. The maximum atomic E-state index is 14.4. The van der Waals surface area contributed by atoms with Crippen molar-refractivity contribution < 1.29 is 13.2 Å². The number of hydrogen-bond acceptors (Lipinski definition) is 3. The molecule has 0 fully saturated rings. The van der Waals surface area contributed by atoms with Crippen LogP contribution in [0.15, 0.2) is 40.9 Å². The van der Waals surface area contributed by atoms with E-state index in [2.05, 4.69) is 41.5 Å². The van der Waals surface area contributed by atoms with Gasteiger partial charge in [0.05, 0.1) is 11.8 Å². The van der Waals surface area contributed by atoms with Crippen molar-refractivity contribution in [3.05, 3.63) is 53.6 Å². The standard InChI is InChI=1S/C25H32FNO2Si/c1-15(2)30(16(3)4,17(5)6)29-22-13-12-19-18-9-7-11-21(26)25(18)28-24(19)20-10-8-14-27-23(20)22/h7-11,14-17,22H,12-13H2,1-6H3/t22-/m1/s1. The second kappa shape index (κ2) is 7.93. The van der Waals surface area contributed by atoms with Gasteiger partial charge in [-0.3, -0.25) is 4.98 Å². The molecule has 1 aliphatic carbocycles. The molecule has 2 heterocycles. The van der Waals surface area contributed by atoms with Gasteiger partial charge in [-0.1, -0.05) is 53.7 Å². The number of aromatic nitrogens is 1. The van der Waals surface area contributed by atoms with Crippen LogP contribution >= 0.6 is 0 Å². The molecule has 1 aromatic carbocycles. The molecule has 1 aliphatic rings. The fraction of sp³-hybridized carbons (Fsp3) is 0.480. The zero-order valence-corrected chi connectivity index (χ0v) is 19.8. The van der Waals surface area contributed by atoms with Crippen LogP contribution in [0.25, 0.3) is 22.3 Å². The summed E-state index contributed by atoms with van der Waals surface area (Å²) < 4.78 is 27.6. The van der Waals surface area contributed by atoms with Crippen LogP contribution in [-0.4, -0.2) is 13.3 Å². The smallest absolute Gasteiger partial charge is 0.201 e. The molecule has 0 bridgehead atoms. The highest BCUT2D eigenvalue weighted by Crippen LogP contribution is 2.49. The van der Waals surface area contributed by atoms with Gasteiger partial charge >= 0.3 is 0 Å². The van der Waals surface area contributed by atoms with Crippen LogP contribution < -0.4 is 0 Å². The molecule has 0 saturated heterocycles. The number of fused-ring (bicyclic) bond motifs is 5. The average molecular weight is 426 g/mol. The molecular weight excluding hydrogens is 393 g/mol. The number of hydrogen-bond donors (Lipinski definition) is 0. The summed E-state index contributed by atoms with van der Waals surface area (Å²) in [5, 5.41) is 0.862. The number of pyridine rings is 1. The summed E-state index contributed by atoms with van der Waals surface area (Å²) in [5.74, 6) is 0.430. The Morgan fingerprint density at radius 1 is 1.03 bits per heavy atom. The number of nitrogens with zero attached hydrogens (tertiary/aromatic N) is 1. The third-order valence-electron chi connectivity index (χ3n) is 6.87. The first-order chi connectivity index (χ1) is 14.3. The lowest BCUT2D eigenvalue weighted by atomic mass is 10.0. The molecule has 0 saturated carbocycles. The minimum atomic E-state index is -2.08. The van der Waals surface area contributed by atoms with Gasteiger partial charge in [0, 0.05) is 22.7 Å². The molecule has 2 aromatic heterocycles. The quantitative estimate of drug-likeness (QED) is 0.391. The number of para-hydroxylation sites is 1. The number of halogens is 1. The highest BCUT2D eigenvalue weighted by Gasteiger charge is 2.47. The van der Waals surface area contributed by atoms with Crippen LogP contribution in [0.4, 0.5) is 4.39 Å². The third-order valence-corrected chi connectivity index (χ3v) is 13.0. The maximum Gasteiger partial charge on any atom is 0.201 e. The Morgan fingerprint density at radius 3 is 2.40 bits per heavy atom. The summed E-state index contributed by atoms with van der Waals surface area (Å²) in [5.41, 5.74) is 4.76. The van der Waals surface area contributed by atoms with Crippen molar-refractivity contribution >= 4 is 19.3 Å². The van der Waals surface area contributed by atoms with E-state index >= 15 is 0 Å². The minimum Gasteiger partial charge on any atom is -0.453 e. The Labute approximate surface area is 179 Å². The van der Waals surface area contributed by atoms with Gasteiger partial charge in [0.25, 0.3) is 0 Å². The summed E-state index contributed by atoms with van der Waals surface area (Å²) >= 11 is 0. The van der Waals surface area contributed by atoms with Crippen LogP contribution in [-0.2, 0) is 10.8 Å². The second-order valence-electron chi connectivity index (χ2n) is 9.43. The summed E-state index contributed by atoms with van der Waals surface area (Å²) in [4.78, 5) is 4.76. The van der Waals surface area contributed by atoms with Gasteiger partial charge in [-0.15, -0.1) is 0 Å². The lowest BCUT2D eigenvalue weighted by molar-refractivity contribution is 0.164. The Bertz CT molecular complexity index is 1030. The van der Waals surface area contributed by atoms with Crippen LogP contribution in [0, 0.1) is 5.82 Å². The Morgan fingerprint density at radius 2 is 1.73 bits per heavy atom. The van der Waals surface area contributed by atoms with Crippen molar-refractivity contribution in [3.63, 3.8) is 0 Å². The molecule has 0 unspecified atom stereocenters. The lowest BCUT2D eigenvalue weighted by Crippen LogP contribution is -2.48. The van der Waals surface area contributed by atoms with Crippen molar-refractivity contribution in [2.24, 2.45) is 0 Å². The number of rotatable bonds is 5. The molecule has 0 spiro atoms. The van der Waals surface area contributed by atoms with E-state index in [0.717, 1.165) is 40.8 Å². The van der Waals surface area contributed by atoms with Gasteiger partial charge < -0.3 is 8.84 Å². The Balaban J connectivity index is 1.85. The van der Waals surface area contributed by atoms with Gasteiger partial charge in [0.15, 0.2) is 11.4 Å². The monoisotopic (exact) mass is 425 g/mol. The van der Waals surface area contributed by atoms with Gasteiger partial charge in [0.1, 0.15) is 5.76 Å². The molecular formula is C25H32FNO2Si. The van der Waals surface area contributed by atoms with Crippen LogP contribution in [0.1, 0.15) is 65.3 Å². The van der Waals surface area contributed by atoms with E-state index in [1.165, 1.54) is 6.07 Å². The van der Waals surface area contributed by atoms with Crippen LogP contribution in [0.2, 0.25) is 16.6 Å². The summed E-state index contributed by atoms with van der Waals surface area (Å²) in [7, 11) is -2.08. The molecule has 3 nitrogen and oxygen atoms in total. The number of furan rings is 1. The molecule has 4 rings (SSSR count). The zero-order chi connectivity index (χ0) is 21.6. The first-order valence-electron chi connectivity index (χ1n) is 11.1. The van der Waals surface area contributed by atoms with Crippen molar-refractivity contribution in [1.29, 1.82) is 0 Å². The predicted molar refractivity (Wildman–Crippen MR) is 123 cm³/mol. The first kappa shape index (κ1) is 21.3. The van der Waals surface area contributed by atoms with Gasteiger partial charge in [-0.05, 0) is 47.7 Å². The van der Waals surface area contributed by atoms with Gasteiger partial charge in [-0.2, -0.15) is 0 Å². The van der Waals surface area contributed by atoms with Crippen LogP contribution in [0.3, 0.4) is 0 Å². The molecule has 0 aliphatic heterocycles. The van der Waals surface area contributed by atoms with Crippen molar-refractivity contribution in [1.82, 2.24) is 4.98 Å². The molecule has 0 N–H and O–H groups in total. The van der Waals surface area contributed by atoms with Crippen molar-refractivity contribution in [3.8, 4) is 11.3 Å². The molecule has 3 aromatic rings.